The summed E-state index contributed by atoms with van der Waals surface area (Å²) in [7, 11) is 1.60. The third-order valence-electron chi connectivity index (χ3n) is 2.09. The van der Waals surface area contributed by atoms with Crippen LogP contribution in [0.15, 0.2) is 22.7 Å². The summed E-state index contributed by atoms with van der Waals surface area (Å²) in [6, 6.07) is 5.59. The second-order valence-electron chi connectivity index (χ2n) is 3.03. The number of nitrogens with two attached hydrogens (primary N) is 1. The van der Waals surface area contributed by atoms with Crippen molar-refractivity contribution in [2.24, 2.45) is 5.73 Å². The Bertz CT molecular complexity index is 498. The molecule has 0 fully saturated rings. The number of rotatable bonds is 3. The SMILES string of the molecule is COc1ccc(Br)cc1-n1nnnc1CN. The maximum absolute atomic E-state index is 5.55. The predicted molar refractivity (Wildman–Crippen MR) is 61.3 cm³/mol. The smallest absolute Gasteiger partial charge is 0.170 e. The highest BCUT2D eigenvalue weighted by atomic mass is 79.9. The van der Waals surface area contributed by atoms with E-state index in [1.165, 1.54) is 0 Å². The number of halogens is 1. The van der Waals surface area contributed by atoms with Crippen molar-refractivity contribution < 1.29 is 4.74 Å². The number of methoxy groups -OCH3 is 1. The van der Waals surface area contributed by atoms with Crippen LogP contribution in [-0.2, 0) is 6.54 Å². The first-order valence-corrected chi connectivity index (χ1v) is 5.37. The highest BCUT2D eigenvalue weighted by Crippen LogP contribution is 2.26. The summed E-state index contributed by atoms with van der Waals surface area (Å²) in [5.74, 6) is 1.27. The van der Waals surface area contributed by atoms with E-state index in [1.54, 1.807) is 11.8 Å². The van der Waals surface area contributed by atoms with E-state index in [-0.39, 0.29) is 6.54 Å². The Morgan fingerprint density at radius 1 is 1.50 bits per heavy atom. The number of benzene rings is 1. The molecular formula is C9H10BrN5O. The third-order valence-corrected chi connectivity index (χ3v) is 2.58. The van der Waals surface area contributed by atoms with Crippen molar-refractivity contribution in [2.45, 2.75) is 6.54 Å². The van der Waals surface area contributed by atoms with Gasteiger partial charge in [0.15, 0.2) is 5.82 Å². The van der Waals surface area contributed by atoms with Crippen LogP contribution < -0.4 is 10.5 Å². The van der Waals surface area contributed by atoms with E-state index < -0.39 is 0 Å². The summed E-state index contributed by atoms with van der Waals surface area (Å²) in [6.45, 7) is 0.267. The van der Waals surface area contributed by atoms with Crippen LogP contribution in [0.4, 0.5) is 0 Å². The average molecular weight is 284 g/mol. The normalized spacial score (nSPS) is 10.4. The maximum atomic E-state index is 5.55. The zero-order chi connectivity index (χ0) is 11.5. The van der Waals surface area contributed by atoms with E-state index in [9.17, 15) is 0 Å². The summed E-state index contributed by atoms with van der Waals surface area (Å²) in [5, 5.41) is 11.3. The molecular weight excluding hydrogens is 274 g/mol. The molecule has 2 rings (SSSR count). The van der Waals surface area contributed by atoms with Gasteiger partial charge in [0.05, 0.1) is 13.7 Å². The van der Waals surface area contributed by atoms with Gasteiger partial charge in [0.2, 0.25) is 0 Å². The van der Waals surface area contributed by atoms with Crippen molar-refractivity contribution >= 4 is 15.9 Å². The van der Waals surface area contributed by atoms with Crippen molar-refractivity contribution in [3.05, 3.63) is 28.5 Å². The Hall–Kier alpha value is -1.47. The number of hydrogen-bond donors (Lipinski definition) is 1. The number of aromatic nitrogens is 4. The third kappa shape index (κ3) is 1.91. The second kappa shape index (κ2) is 4.58. The van der Waals surface area contributed by atoms with Crippen molar-refractivity contribution in [3.63, 3.8) is 0 Å². The predicted octanol–water partition coefficient (Wildman–Crippen LogP) is 0.892. The van der Waals surface area contributed by atoms with Crippen LogP contribution in [-0.4, -0.2) is 27.3 Å². The van der Waals surface area contributed by atoms with Crippen LogP contribution in [0.3, 0.4) is 0 Å². The average Bonchev–Trinajstić information content (AvgIpc) is 2.76. The number of nitrogens with zero attached hydrogens (tertiary/aromatic N) is 4. The van der Waals surface area contributed by atoms with Gasteiger partial charge in [0.1, 0.15) is 11.4 Å². The first-order chi connectivity index (χ1) is 7.76. The lowest BCUT2D eigenvalue weighted by molar-refractivity contribution is 0.411. The van der Waals surface area contributed by atoms with E-state index in [2.05, 4.69) is 31.5 Å². The maximum Gasteiger partial charge on any atom is 0.170 e. The van der Waals surface area contributed by atoms with Crippen molar-refractivity contribution in [2.75, 3.05) is 7.11 Å². The van der Waals surface area contributed by atoms with Gasteiger partial charge in [-0.2, -0.15) is 4.68 Å². The van der Waals surface area contributed by atoms with E-state index >= 15 is 0 Å². The fourth-order valence-electron chi connectivity index (χ4n) is 1.35. The first-order valence-electron chi connectivity index (χ1n) is 4.57. The molecule has 2 N–H and O–H groups in total. The Morgan fingerprint density at radius 2 is 2.31 bits per heavy atom. The van der Waals surface area contributed by atoms with Gasteiger partial charge in [0.25, 0.3) is 0 Å². The largest absolute Gasteiger partial charge is 0.494 e. The molecule has 1 aromatic carbocycles. The molecule has 2 aromatic rings. The van der Waals surface area contributed by atoms with Crippen LogP contribution in [0, 0.1) is 0 Å². The summed E-state index contributed by atoms with van der Waals surface area (Å²) in [5.41, 5.74) is 6.30. The van der Waals surface area contributed by atoms with Gasteiger partial charge in [-0.25, -0.2) is 0 Å². The molecule has 0 saturated carbocycles. The van der Waals surface area contributed by atoms with Gasteiger partial charge in [-0.3, -0.25) is 0 Å². The van der Waals surface area contributed by atoms with E-state index in [4.69, 9.17) is 10.5 Å². The summed E-state index contributed by atoms with van der Waals surface area (Å²) in [4.78, 5) is 0. The Balaban J connectivity index is 2.58. The molecule has 0 unspecified atom stereocenters. The lowest BCUT2D eigenvalue weighted by Gasteiger charge is -2.09. The molecule has 0 bridgehead atoms. The standard InChI is InChI=1S/C9H10BrN5O/c1-16-8-3-2-6(10)4-7(8)15-9(5-11)12-13-14-15/h2-4H,5,11H2,1H3. The van der Waals surface area contributed by atoms with Crippen molar-refractivity contribution in [1.29, 1.82) is 0 Å². The fourth-order valence-corrected chi connectivity index (χ4v) is 1.70. The Kier molecular flexibility index (Phi) is 3.16. The van der Waals surface area contributed by atoms with Crippen LogP contribution in [0.25, 0.3) is 5.69 Å². The second-order valence-corrected chi connectivity index (χ2v) is 3.94. The zero-order valence-electron chi connectivity index (χ0n) is 8.59. The topological polar surface area (TPSA) is 78.8 Å². The zero-order valence-corrected chi connectivity index (χ0v) is 10.2. The highest BCUT2D eigenvalue weighted by Gasteiger charge is 2.11. The van der Waals surface area contributed by atoms with Crippen LogP contribution in [0.2, 0.25) is 0 Å². The van der Waals surface area contributed by atoms with Crippen LogP contribution in [0.5, 0.6) is 5.75 Å². The van der Waals surface area contributed by atoms with Gasteiger partial charge < -0.3 is 10.5 Å². The molecule has 0 atom stereocenters. The van der Waals surface area contributed by atoms with Gasteiger partial charge in [-0.1, -0.05) is 15.9 Å². The molecule has 1 heterocycles. The molecule has 0 aliphatic carbocycles. The Morgan fingerprint density at radius 3 is 3.00 bits per heavy atom. The number of hydrogen-bond acceptors (Lipinski definition) is 5. The van der Waals surface area contributed by atoms with E-state index in [1.807, 2.05) is 18.2 Å². The van der Waals surface area contributed by atoms with E-state index in [0.29, 0.717) is 11.6 Å². The number of ether oxygens (including phenoxy) is 1. The van der Waals surface area contributed by atoms with Crippen molar-refractivity contribution in [1.82, 2.24) is 20.2 Å². The number of tetrazole rings is 1. The lowest BCUT2D eigenvalue weighted by Crippen LogP contribution is -2.09. The van der Waals surface area contributed by atoms with Gasteiger partial charge in [-0.05, 0) is 28.6 Å². The van der Waals surface area contributed by atoms with Crippen LogP contribution in [0.1, 0.15) is 5.82 Å². The molecule has 6 nitrogen and oxygen atoms in total. The molecule has 0 saturated heterocycles. The lowest BCUT2D eigenvalue weighted by atomic mass is 10.3. The molecule has 0 aliphatic rings. The Labute approximate surface area is 101 Å². The van der Waals surface area contributed by atoms with Gasteiger partial charge in [-0.15, -0.1) is 5.10 Å². The molecule has 7 heteroatoms. The molecule has 0 spiro atoms. The van der Waals surface area contributed by atoms with Gasteiger partial charge in [0, 0.05) is 4.47 Å². The molecule has 0 amide bonds. The highest BCUT2D eigenvalue weighted by molar-refractivity contribution is 9.10. The van der Waals surface area contributed by atoms with Gasteiger partial charge >= 0.3 is 0 Å². The van der Waals surface area contributed by atoms with Crippen molar-refractivity contribution in [3.8, 4) is 11.4 Å². The minimum absolute atomic E-state index is 0.267. The van der Waals surface area contributed by atoms with E-state index in [0.717, 1.165) is 10.2 Å². The first kappa shape index (κ1) is 11.0. The van der Waals surface area contributed by atoms with Crippen LogP contribution >= 0.6 is 15.9 Å². The minimum Gasteiger partial charge on any atom is -0.494 e. The summed E-state index contributed by atoms with van der Waals surface area (Å²) >= 11 is 3.39. The quantitative estimate of drug-likeness (QED) is 0.905. The summed E-state index contributed by atoms with van der Waals surface area (Å²) in [6.07, 6.45) is 0. The molecule has 84 valence electrons. The minimum atomic E-state index is 0.267. The molecule has 16 heavy (non-hydrogen) atoms. The molecule has 0 aliphatic heterocycles. The molecule has 0 radical (unpaired) electrons. The fraction of sp³-hybridized carbons (Fsp3) is 0.222. The molecule has 1 aromatic heterocycles. The monoisotopic (exact) mass is 283 g/mol. The summed E-state index contributed by atoms with van der Waals surface area (Å²) < 4.78 is 7.72.